The van der Waals surface area contributed by atoms with Crippen LogP contribution in [0, 0.1) is 0 Å². The van der Waals surface area contributed by atoms with E-state index >= 15 is 0 Å². The van der Waals surface area contributed by atoms with Crippen molar-refractivity contribution < 1.29 is 4.74 Å². The minimum absolute atomic E-state index is 0.0434. The normalized spacial score (nSPS) is 16.5. The number of hydrogen-bond donors (Lipinski definition) is 0. The molecule has 2 rings (SSSR count). The third-order valence-electron chi connectivity index (χ3n) is 2.38. The summed E-state index contributed by atoms with van der Waals surface area (Å²) >= 11 is 3.59. The first-order valence-electron chi connectivity index (χ1n) is 5.30. The van der Waals surface area contributed by atoms with E-state index in [1.165, 1.54) is 12.8 Å². The number of nitrogens with zero attached hydrogens (tertiary/aromatic N) is 1. The van der Waals surface area contributed by atoms with E-state index < -0.39 is 0 Å². The molecule has 0 unspecified atom stereocenters. The number of pyridine rings is 1. The fourth-order valence-electron chi connectivity index (χ4n) is 1.41. The Morgan fingerprint density at radius 1 is 1.40 bits per heavy atom. The summed E-state index contributed by atoms with van der Waals surface area (Å²) in [6.07, 6.45) is 4.61. The van der Waals surface area contributed by atoms with E-state index in [2.05, 4.69) is 41.7 Å². The fourth-order valence-corrected chi connectivity index (χ4v) is 2.33. The summed E-state index contributed by atoms with van der Waals surface area (Å²) in [5.74, 6) is 0.928. The van der Waals surface area contributed by atoms with Gasteiger partial charge in [0.05, 0.1) is 16.3 Å². The second kappa shape index (κ2) is 3.78. The Hall–Kier alpha value is -0.570. The van der Waals surface area contributed by atoms with Crippen LogP contribution in [-0.2, 0) is 5.41 Å². The third-order valence-corrected chi connectivity index (χ3v) is 3.15. The van der Waals surface area contributed by atoms with Gasteiger partial charge in [-0.2, -0.15) is 0 Å². The van der Waals surface area contributed by atoms with Gasteiger partial charge in [-0.25, -0.2) is 0 Å². The number of rotatable bonds is 2. The molecule has 0 aromatic carbocycles. The molecule has 0 amide bonds. The number of ether oxygens (including phenoxy) is 1. The van der Waals surface area contributed by atoms with Gasteiger partial charge < -0.3 is 4.74 Å². The van der Waals surface area contributed by atoms with E-state index in [1.54, 1.807) is 0 Å². The summed E-state index contributed by atoms with van der Waals surface area (Å²) in [5, 5.41) is 0. The zero-order valence-electron chi connectivity index (χ0n) is 9.38. The maximum atomic E-state index is 5.81. The van der Waals surface area contributed by atoms with Gasteiger partial charge in [0.2, 0.25) is 0 Å². The quantitative estimate of drug-likeness (QED) is 0.817. The highest BCUT2D eigenvalue weighted by Gasteiger charge is 2.26. The molecule has 3 heteroatoms. The minimum atomic E-state index is 0.0434. The molecule has 0 atom stereocenters. The second-order valence-corrected chi connectivity index (χ2v) is 5.83. The molecule has 0 bridgehead atoms. The van der Waals surface area contributed by atoms with E-state index in [1.807, 2.05) is 12.3 Å². The Labute approximate surface area is 99.2 Å². The highest BCUT2D eigenvalue weighted by Crippen LogP contribution is 2.37. The van der Waals surface area contributed by atoms with Crippen LogP contribution in [-0.4, -0.2) is 11.1 Å². The molecule has 0 N–H and O–H groups in total. The lowest BCUT2D eigenvalue weighted by Crippen LogP contribution is -2.15. The van der Waals surface area contributed by atoms with Crippen molar-refractivity contribution in [2.24, 2.45) is 0 Å². The zero-order valence-corrected chi connectivity index (χ0v) is 11.0. The fraction of sp³-hybridized carbons (Fsp3) is 0.583. The van der Waals surface area contributed by atoms with Crippen molar-refractivity contribution in [3.63, 3.8) is 0 Å². The van der Waals surface area contributed by atoms with Crippen LogP contribution >= 0.6 is 15.9 Å². The molecule has 1 aliphatic carbocycles. The van der Waals surface area contributed by atoms with Gasteiger partial charge in [0.15, 0.2) is 0 Å². The van der Waals surface area contributed by atoms with Gasteiger partial charge in [-0.3, -0.25) is 4.98 Å². The van der Waals surface area contributed by atoms with Crippen LogP contribution in [0.4, 0.5) is 0 Å². The van der Waals surface area contributed by atoms with Crippen molar-refractivity contribution >= 4 is 15.9 Å². The van der Waals surface area contributed by atoms with Crippen molar-refractivity contribution in [2.45, 2.75) is 45.1 Å². The van der Waals surface area contributed by atoms with E-state index in [9.17, 15) is 0 Å². The summed E-state index contributed by atoms with van der Waals surface area (Å²) in [6, 6.07) is 1.93. The lowest BCUT2D eigenvalue weighted by molar-refractivity contribution is 0.299. The molecular formula is C12H16BrNO. The first-order valence-corrected chi connectivity index (χ1v) is 6.09. The molecule has 1 aromatic rings. The van der Waals surface area contributed by atoms with Crippen molar-refractivity contribution in [1.82, 2.24) is 4.98 Å². The van der Waals surface area contributed by atoms with Gasteiger partial charge in [0.25, 0.3) is 0 Å². The Morgan fingerprint density at radius 3 is 2.60 bits per heavy atom. The molecule has 0 saturated heterocycles. The highest BCUT2D eigenvalue weighted by molar-refractivity contribution is 9.10. The molecule has 0 spiro atoms. The molecule has 0 aliphatic heterocycles. The second-order valence-electron chi connectivity index (χ2n) is 5.04. The summed E-state index contributed by atoms with van der Waals surface area (Å²) in [7, 11) is 0. The smallest absolute Gasteiger partial charge is 0.137 e. The van der Waals surface area contributed by atoms with Crippen LogP contribution in [0.1, 0.15) is 39.3 Å². The van der Waals surface area contributed by atoms with E-state index in [0.717, 1.165) is 15.9 Å². The van der Waals surface area contributed by atoms with Crippen LogP contribution in [0.3, 0.4) is 0 Å². The van der Waals surface area contributed by atoms with Crippen molar-refractivity contribution in [3.05, 3.63) is 22.4 Å². The van der Waals surface area contributed by atoms with Crippen molar-refractivity contribution in [1.29, 1.82) is 0 Å². The third kappa shape index (κ3) is 2.51. The SMILES string of the molecule is CC(C)(C)c1nccc(OC2CC2)c1Br. The topological polar surface area (TPSA) is 22.1 Å². The van der Waals surface area contributed by atoms with Crippen LogP contribution in [0.5, 0.6) is 5.75 Å². The predicted octanol–water partition coefficient (Wildman–Crippen LogP) is 3.68. The molecule has 1 aliphatic rings. The highest BCUT2D eigenvalue weighted by atomic mass is 79.9. The van der Waals surface area contributed by atoms with E-state index in [0.29, 0.717) is 6.10 Å². The number of hydrogen-bond acceptors (Lipinski definition) is 2. The molecule has 15 heavy (non-hydrogen) atoms. The zero-order chi connectivity index (χ0) is 11.1. The lowest BCUT2D eigenvalue weighted by atomic mass is 9.91. The maximum Gasteiger partial charge on any atom is 0.137 e. The van der Waals surface area contributed by atoms with Gasteiger partial charge in [-0.1, -0.05) is 20.8 Å². The van der Waals surface area contributed by atoms with Crippen LogP contribution in [0.2, 0.25) is 0 Å². The number of halogens is 1. The Bertz CT molecular complexity index is 366. The Morgan fingerprint density at radius 2 is 2.07 bits per heavy atom. The molecule has 82 valence electrons. The first kappa shape index (κ1) is 10.9. The minimum Gasteiger partial charge on any atom is -0.489 e. The maximum absolute atomic E-state index is 5.81. The summed E-state index contributed by atoms with van der Waals surface area (Å²) < 4.78 is 6.81. The van der Waals surface area contributed by atoms with Gasteiger partial charge in [0.1, 0.15) is 5.75 Å². The lowest BCUT2D eigenvalue weighted by Gasteiger charge is -2.20. The van der Waals surface area contributed by atoms with Gasteiger partial charge in [-0.15, -0.1) is 0 Å². The van der Waals surface area contributed by atoms with Crippen LogP contribution < -0.4 is 4.74 Å². The van der Waals surface area contributed by atoms with Gasteiger partial charge >= 0.3 is 0 Å². The molecule has 1 heterocycles. The van der Waals surface area contributed by atoms with E-state index in [4.69, 9.17) is 4.74 Å². The van der Waals surface area contributed by atoms with E-state index in [-0.39, 0.29) is 5.41 Å². The summed E-state index contributed by atoms with van der Waals surface area (Å²) in [4.78, 5) is 4.41. The summed E-state index contributed by atoms with van der Waals surface area (Å²) in [6.45, 7) is 6.46. The molecule has 0 radical (unpaired) electrons. The average Bonchev–Trinajstić information content (AvgIpc) is 2.90. The standard InChI is InChI=1S/C12H16BrNO/c1-12(2,3)11-10(13)9(6-7-14-11)15-8-4-5-8/h6-8H,4-5H2,1-3H3. The monoisotopic (exact) mass is 269 g/mol. The predicted molar refractivity (Wildman–Crippen MR) is 64.3 cm³/mol. The van der Waals surface area contributed by atoms with Gasteiger partial charge in [-0.05, 0) is 34.8 Å². The molecule has 2 nitrogen and oxygen atoms in total. The summed E-state index contributed by atoms with van der Waals surface area (Å²) in [5.41, 5.74) is 1.10. The largest absolute Gasteiger partial charge is 0.489 e. The molecule has 1 saturated carbocycles. The van der Waals surface area contributed by atoms with Crippen molar-refractivity contribution in [2.75, 3.05) is 0 Å². The van der Waals surface area contributed by atoms with Gasteiger partial charge in [0, 0.05) is 11.6 Å². The Kier molecular flexibility index (Phi) is 2.75. The van der Waals surface area contributed by atoms with Crippen LogP contribution in [0.15, 0.2) is 16.7 Å². The number of aromatic nitrogens is 1. The van der Waals surface area contributed by atoms with Crippen molar-refractivity contribution in [3.8, 4) is 5.75 Å². The molecular weight excluding hydrogens is 254 g/mol. The first-order chi connectivity index (χ1) is 6.98. The average molecular weight is 270 g/mol. The Balaban J connectivity index is 2.31. The molecule has 1 fully saturated rings. The van der Waals surface area contributed by atoms with Crippen LogP contribution in [0.25, 0.3) is 0 Å². The molecule has 1 aromatic heterocycles.